The fraction of sp³-hybridized carbons (Fsp3) is 0.500. The van der Waals surface area contributed by atoms with Crippen LogP contribution in [-0.2, 0) is 11.3 Å². The summed E-state index contributed by atoms with van der Waals surface area (Å²) in [5.41, 5.74) is 6.46. The van der Waals surface area contributed by atoms with Crippen LogP contribution in [0.4, 0.5) is 0 Å². The van der Waals surface area contributed by atoms with Crippen molar-refractivity contribution in [3.8, 4) is 17.2 Å². The molecule has 0 aliphatic heterocycles. The van der Waals surface area contributed by atoms with Crippen molar-refractivity contribution in [3.05, 3.63) is 17.7 Å². The third kappa shape index (κ3) is 3.77. The van der Waals surface area contributed by atoms with Crippen LogP contribution in [0.5, 0.6) is 17.2 Å². The first-order chi connectivity index (χ1) is 9.57. The highest BCUT2D eigenvalue weighted by atomic mass is 16.5. The van der Waals surface area contributed by atoms with Crippen LogP contribution in [0.1, 0.15) is 18.9 Å². The molecule has 1 aromatic carbocycles. The number of nitrogens with two attached hydrogens (primary N) is 1. The van der Waals surface area contributed by atoms with Crippen molar-refractivity contribution in [2.45, 2.75) is 25.9 Å². The van der Waals surface area contributed by atoms with E-state index in [0.717, 1.165) is 5.56 Å². The minimum absolute atomic E-state index is 0.190. The summed E-state index contributed by atoms with van der Waals surface area (Å²) in [6.45, 7) is 2.18. The maximum atomic E-state index is 11.7. The van der Waals surface area contributed by atoms with Crippen LogP contribution in [0.25, 0.3) is 0 Å². The molecule has 0 saturated heterocycles. The van der Waals surface area contributed by atoms with Crippen molar-refractivity contribution < 1.29 is 19.0 Å². The first-order valence-corrected chi connectivity index (χ1v) is 6.39. The number of hydrogen-bond donors (Lipinski definition) is 2. The van der Waals surface area contributed by atoms with E-state index in [4.69, 9.17) is 19.9 Å². The molecule has 0 radical (unpaired) electrons. The van der Waals surface area contributed by atoms with E-state index in [9.17, 15) is 4.79 Å². The van der Waals surface area contributed by atoms with Gasteiger partial charge in [-0.1, -0.05) is 6.92 Å². The largest absolute Gasteiger partial charge is 0.496 e. The molecule has 1 unspecified atom stereocenters. The molecule has 0 saturated carbocycles. The number of carbonyl (C=O) groups excluding carboxylic acids is 1. The van der Waals surface area contributed by atoms with E-state index in [-0.39, 0.29) is 5.91 Å². The summed E-state index contributed by atoms with van der Waals surface area (Å²) in [6, 6.07) is 3.00. The number of ether oxygens (including phenoxy) is 3. The van der Waals surface area contributed by atoms with E-state index in [2.05, 4.69) is 5.32 Å². The highest BCUT2D eigenvalue weighted by molar-refractivity contribution is 5.81. The molecule has 6 heteroatoms. The lowest BCUT2D eigenvalue weighted by Gasteiger charge is -2.15. The van der Waals surface area contributed by atoms with Crippen LogP contribution >= 0.6 is 0 Å². The monoisotopic (exact) mass is 282 g/mol. The Morgan fingerprint density at radius 2 is 1.70 bits per heavy atom. The van der Waals surface area contributed by atoms with Crippen molar-refractivity contribution in [2.75, 3.05) is 21.3 Å². The molecule has 0 bridgehead atoms. The maximum Gasteiger partial charge on any atom is 0.237 e. The van der Waals surface area contributed by atoms with Crippen molar-refractivity contribution >= 4 is 5.91 Å². The van der Waals surface area contributed by atoms with E-state index in [1.54, 1.807) is 33.5 Å². The average molecular weight is 282 g/mol. The molecule has 0 spiro atoms. The molecule has 1 atom stereocenters. The van der Waals surface area contributed by atoms with Gasteiger partial charge in [0, 0.05) is 18.2 Å². The van der Waals surface area contributed by atoms with Crippen LogP contribution in [0.3, 0.4) is 0 Å². The molecule has 0 aliphatic carbocycles. The van der Waals surface area contributed by atoms with Crippen molar-refractivity contribution in [1.29, 1.82) is 0 Å². The zero-order valence-electron chi connectivity index (χ0n) is 12.4. The van der Waals surface area contributed by atoms with Crippen LogP contribution < -0.4 is 25.3 Å². The van der Waals surface area contributed by atoms with E-state index in [1.807, 2.05) is 6.92 Å². The summed E-state index contributed by atoms with van der Waals surface area (Å²) in [5, 5.41) is 2.77. The molecule has 1 amide bonds. The predicted molar refractivity (Wildman–Crippen MR) is 76.2 cm³/mol. The van der Waals surface area contributed by atoms with Gasteiger partial charge >= 0.3 is 0 Å². The molecule has 0 aliphatic rings. The van der Waals surface area contributed by atoms with Gasteiger partial charge in [-0.15, -0.1) is 0 Å². The smallest absolute Gasteiger partial charge is 0.237 e. The highest BCUT2D eigenvalue weighted by Gasteiger charge is 2.14. The van der Waals surface area contributed by atoms with Crippen LogP contribution in [0.2, 0.25) is 0 Å². The Balaban J connectivity index is 2.91. The Kier molecular flexibility index (Phi) is 6.11. The van der Waals surface area contributed by atoms with Gasteiger partial charge in [-0.25, -0.2) is 0 Å². The molecule has 3 N–H and O–H groups in total. The second kappa shape index (κ2) is 7.59. The van der Waals surface area contributed by atoms with Gasteiger partial charge in [0.05, 0.1) is 27.4 Å². The quantitative estimate of drug-likeness (QED) is 0.781. The van der Waals surface area contributed by atoms with Crippen molar-refractivity contribution in [2.24, 2.45) is 5.73 Å². The van der Waals surface area contributed by atoms with E-state index in [0.29, 0.717) is 30.2 Å². The maximum absolute atomic E-state index is 11.7. The number of hydrogen-bond acceptors (Lipinski definition) is 5. The number of benzene rings is 1. The topological polar surface area (TPSA) is 82.8 Å². The van der Waals surface area contributed by atoms with Crippen LogP contribution in [0, 0.1) is 0 Å². The summed E-state index contributed by atoms with van der Waals surface area (Å²) >= 11 is 0. The summed E-state index contributed by atoms with van der Waals surface area (Å²) in [5.74, 6) is 1.58. The summed E-state index contributed by atoms with van der Waals surface area (Å²) < 4.78 is 15.7. The molecule has 0 fully saturated rings. The standard InChI is InChI=1S/C14H22N2O4/c1-5-10(15)14(17)16-8-9-6-12(19-3)13(20-4)7-11(9)18-2/h6-7,10H,5,8,15H2,1-4H3,(H,16,17). The van der Waals surface area contributed by atoms with Gasteiger partial charge in [-0.3, -0.25) is 4.79 Å². The fourth-order valence-corrected chi connectivity index (χ4v) is 1.73. The lowest BCUT2D eigenvalue weighted by molar-refractivity contribution is -0.122. The average Bonchev–Trinajstić information content (AvgIpc) is 2.50. The third-order valence-electron chi connectivity index (χ3n) is 3.02. The lowest BCUT2D eigenvalue weighted by Crippen LogP contribution is -2.39. The zero-order chi connectivity index (χ0) is 15.1. The van der Waals surface area contributed by atoms with Gasteiger partial charge < -0.3 is 25.3 Å². The van der Waals surface area contributed by atoms with Gasteiger partial charge in [0.2, 0.25) is 5.91 Å². The summed E-state index contributed by atoms with van der Waals surface area (Å²) in [7, 11) is 4.67. The minimum Gasteiger partial charge on any atom is -0.496 e. The molecule has 1 aromatic rings. The van der Waals surface area contributed by atoms with Gasteiger partial charge in [-0.05, 0) is 12.5 Å². The Morgan fingerprint density at radius 3 is 2.20 bits per heavy atom. The Morgan fingerprint density at radius 1 is 1.15 bits per heavy atom. The van der Waals surface area contributed by atoms with Gasteiger partial charge in [0.15, 0.2) is 11.5 Å². The SMILES string of the molecule is CCC(N)C(=O)NCc1cc(OC)c(OC)cc1OC. The molecular weight excluding hydrogens is 260 g/mol. The Labute approximate surface area is 119 Å². The van der Waals surface area contributed by atoms with E-state index in [1.165, 1.54) is 0 Å². The molecule has 112 valence electrons. The van der Waals surface area contributed by atoms with E-state index >= 15 is 0 Å². The zero-order valence-corrected chi connectivity index (χ0v) is 12.4. The van der Waals surface area contributed by atoms with Crippen LogP contribution in [0.15, 0.2) is 12.1 Å². The van der Waals surface area contributed by atoms with E-state index < -0.39 is 6.04 Å². The third-order valence-corrected chi connectivity index (χ3v) is 3.02. The first-order valence-electron chi connectivity index (χ1n) is 6.39. The van der Waals surface area contributed by atoms with Crippen molar-refractivity contribution in [3.63, 3.8) is 0 Å². The molecule has 0 aromatic heterocycles. The number of carbonyl (C=O) groups is 1. The number of amides is 1. The second-order valence-corrected chi connectivity index (χ2v) is 4.25. The summed E-state index contributed by atoms with van der Waals surface area (Å²) in [4.78, 5) is 11.7. The molecular formula is C14H22N2O4. The number of rotatable bonds is 7. The second-order valence-electron chi connectivity index (χ2n) is 4.25. The molecule has 20 heavy (non-hydrogen) atoms. The predicted octanol–water partition coefficient (Wildman–Crippen LogP) is 1.07. The molecule has 6 nitrogen and oxygen atoms in total. The van der Waals surface area contributed by atoms with Gasteiger partial charge in [-0.2, -0.15) is 0 Å². The fourth-order valence-electron chi connectivity index (χ4n) is 1.73. The Hall–Kier alpha value is -1.95. The van der Waals surface area contributed by atoms with Gasteiger partial charge in [0.25, 0.3) is 0 Å². The number of methoxy groups -OCH3 is 3. The Bertz CT molecular complexity index is 463. The highest BCUT2D eigenvalue weighted by Crippen LogP contribution is 2.34. The normalized spacial score (nSPS) is 11.7. The van der Waals surface area contributed by atoms with Crippen LogP contribution in [-0.4, -0.2) is 33.3 Å². The lowest BCUT2D eigenvalue weighted by atomic mass is 10.1. The number of nitrogens with one attached hydrogen (secondary N) is 1. The van der Waals surface area contributed by atoms with Gasteiger partial charge in [0.1, 0.15) is 5.75 Å². The van der Waals surface area contributed by atoms with Crippen molar-refractivity contribution in [1.82, 2.24) is 5.32 Å². The summed E-state index contributed by atoms with van der Waals surface area (Å²) in [6.07, 6.45) is 0.592. The molecule has 0 heterocycles. The minimum atomic E-state index is -0.499. The first kappa shape index (κ1) is 16.1. The molecule has 1 rings (SSSR count).